The van der Waals surface area contributed by atoms with Crippen LogP contribution < -0.4 is 10.6 Å². The molecule has 1 amide bonds. The van der Waals surface area contributed by atoms with Crippen molar-refractivity contribution < 1.29 is 4.79 Å². The number of fused-ring (bicyclic) bond motifs is 1. The van der Waals surface area contributed by atoms with Crippen molar-refractivity contribution in [2.45, 2.75) is 44.7 Å². The van der Waals surface area contributed by atoms with Crippen LogP contribution in [0.4, 0.5) is 5.69 Å². The van der Waals surface area contributed by atoms with Gasteiger partial charge in [-0.15, -0.1) is 0 Å². The van der Waals surface area contributed by atoms with Gasteiger partial charge < -0.3 is 15.5 Å². The van der Waals surface area contributed by atoms with Crippen LogP contribution in [-0.2, 0) is 11.2 Å². The minimum atomic E-state index is 0.170. The van der Waals surface area contributed by atoms with E-state index in [9.17, 15) is 4.79 Å². The molecule has 0 unspecified atom stereocenters. The summed E-state index contributed by atoms with van der Waals surface area (Å²) < 4.78 is 0. The SMILES string of the molecule is C[C@H]1CCc2ccccc2N1CCC(=O)N1CC[C@@H](N)C1. The Kier molecular flexibility index (Phi) is 4.15. The molecule has 3 rings (SSSR count). The van der Waals surface area contributed by atoms with E-state index in [0.717, 1.165) is 32.5 Å². The van der Waals surface area contributed by atoms with E-state index in [1.54, 1.807) is 0 Å². The highest BCUT2D eigenvalue weighted by Crippen LogP contribution is 2.30. The minimum Gasteiger partial charge on any atom is -0.368 e. The van der Waals surface area contributed by atoms with E-state index < -0.39 is 0 Å². The van der Waals surface area contributed by atoms with Crippen LogP contribution in [0.1, 0.15) is 31.7 Å². The van der Waals surface area contributed by atoms with Crippen molar-refractivity contribution in [2.24, 2.45) is 5.73 Å². The van der Waals surface area contributed by atoms with Gasteiger partial charge in [0, 0.05) is 43.8 Å². The van der Waals surface area contributed by atoms with Gasteiger partial charge in [0.1, 0.15) is 0 Å². The van der Waals surface area contributed by atoms with E-state index in [1.807, 2.05) is 4.90 Å². The van der Waals surface area contributed by atoms with Crippen LogP contribution in [0.3, 0.4) is 0 Å². The Balaban J connectivity index is 1.63. The molecule has 0 bridgehead atoms. The first kappa shape index (κ1) is 14.4. The third-order valence-electron chi connectivity index (χ3n) is 4.81. The average molecular weight is 287 g/mol. The molecule has 1 aromatic rings. The van der Waals surface area contributed by atoms with Gasteiger partial charge in [-0.1, -0.05) is 18.2 Å². The smallest absolute Gasteiger partial charge is 0.224 e. The van der Waals surface area contributed by atoms with E-state index in [2.05, 4.69) is 36.1 Å². The second kappa shape index (κ2) is 6.06. The van der Waals surface area contributed by atoms with Gasteiger partial charge >= 0.3 is 0 Å². The fourth-order valence-electron chi connectivity index (χ4n) is 3.49. The number of likely N-dealkylation sites (tertiary alicyclic amines) is 1. The summed E-state index contributed by atoms with van der Waals surface area (Å²) in [6.07, 6.45) is 3.84. The summed E-state index contributed by atoms with van der Waals surface area (Å²) >= 11 is 0. The molecule has 114 valence electrons. The summed E-state index contributed by atoms with van der Waals surface area (Å²) in [5.74, 6) is 0.248. The van der Waals surface area contributed by atoms with E-state index in [4.69, 9.17) is 5.73 Å². The lowest BCUT2D eigenvalue weighted by atomic mass is 9.96. The van der Waals surface area contributed by atoms with Crippen molar-refractivity contribution in [1.82, 2.24) is 4.90 Å². The third-order valence-corrected chi connectivity index (χ3v) is 4.81. The van der Waals surface area contributed by atoms with Crippen LogP contribution in [0, 0.1) is 0 Å². The van der Waals surface area contributed by atoms with Crippen molar-refractivity contribution in [3.05, 3.63) is 29.8 Å². The summed E-state index contributed by atoms with van der Waals surface area (Å²) in [6.45, 7) is 4.62. The highest BCUT2D eigenvalue weighted by Gasteiger charge is 2.26. The average Bonchev–Trinajstić information content (AvgIpc) is 2.92. The van der Waals surface area contributed by atoms with Crippen LogP contribution >= 0.6 is 0 Å². The van der Waals surface area contributed by atoms with Gasteiger partial charge in [-0.05, 0) is 37.8 Å². The molecule has 0 aromatic heterocycles. The Morgan fingerprint density at radius 1 is 1.33 bits per heavy atom. The first-order valence-electron chi connectivity index (χ1n) is 8.03. The second-order valence-electron chi connectivity index (χ2n) is 6.35. The van der Waals surface area contributed by atoms with Gasteiger partial charge in [0.15, 0.2) is 0 Å². The molecule has 1 saturated heterocycles. The number of anilines is 1. The van der Waals surface area contributed by atoms with Crippen LogP contribution in [0.15, 0.2) is 24.3 Å². The molecule has 1 fully saturated rings. The molecule has 2 aliphatic heterocycles. The number of nitrogens with two attached hydrogens (primary N) is 1. The molecule has 4 nitrogen and oxygen atoms in total. The molecule has 21 heavy (non-hydrogen) atoms. The molecule has 0 aliphatic carbocycles. The number of hydrogen-bond donors (Lipinski definition) is 1. The topological polar surface area (TPSA) is 49.6 Å². The Hall–Kier alpha value is -1.55. The van der Waals surface area contributed by atoms with Crippen molar-refractivity contribution in [2.75, 3.05) is 24.5 Å². The summed E-state index contributed by atoms with van der Waals surface area (Å²) in [7, 11) is 0. The fourth-order valence-corrected chi connectivity index (χ4v) is 3.49. The number of carbonyl (C=O) groups excluding carboxylic acids is 1. The molecule has 2 aliphatic rings. The number of hydrogen-bond acceptors (Lipinski definition) is 3. The van der Waals surface area contributed by atoms with Gasteiger partial charge in [-0.3, -0.25) is 4.79 Å². The predicted octanol–water partition coefficient (Wildman–Crippen LogP) is 1.78. The summed E-state index contributed by atoms with van der Waals surface area (Å²) in [5, 5.41) is 0. The standard InChI is InChI=1S/C17H25N3O/c1-13-6-7-14-4-2-3-5-16(14)20(13)11-9-17(21)19-10-8-15(18)12-19/h2-5,13,15H,6-12,18H2,1H3/t13-,15+/m0/s1. The van der Waals surface area contributed by atoms with Gasteiger partial charge in [0.05, 0.1) is 0 Å². The third kappa shape index (κ3) is 3.05. The van der Waals surface area contributed by atoms with Crippen molar-refractivity contribution in [3.8, 4) is 0 Å². The first-order chi connectivity index (χ1) is 10.1. The molecule has 0 spiro atoms. The molecule has 0 saturated carbocycles. The first-order valence-corrected chi connectivity index (χ1v) is 8.03. The summed E-state index contributed by atoms with van der Waals surface area (Å²) in [5.41, 5.74) is 8.60. The van der Waals surface area contributed by atoms with Crippen LogP contribution in [-0.4, -0.2) is 42.5 Å². The lowest BCUT2D eigenvalue weighted by Gasteiger charge is -2.37. The number of nitrogens with zero attached hydrogens (tertiary/aromatic N) is 2. The highest BCUT2D eigenvalue weighted by molar-refractivity contribution is 5.77. The molecule has 1 aromatic carbocycles. The Bertz CT molecular complexity index is 517. The molecule has 2 heterocycles. The zero-order chi connectivity index (χ0) is 14.8. The van der Waals surface area contributed by atoms with Crippen LogP contribution in [0.25, 0.3) is 0 Å². The fraction of sp³-hybridized carbons (Fsp3) is 0.588. The largest absolute Gasteiger partial charge is 0.368 e. The maximum Gasteiger partial charge on any atom is 0.224 e. The quantitative estimate of drug-likeness (QED) is 0.922. The molecular formula is C17H25N3O. The van der Waals surface area contributed by atoms with E-state index >= 15 is 0 Å². The minimum absolute atomic E-state index is 0.170. The maximum atomic E-state index is 12.3. The normalized spacial score (nSPS) is 25.0. The molecule has 4 heteroatoms. The number of amides is 1. The van der Waals surface area contributed by atoms with E-state index in [-0.39, 0.29) is 11.9 Å². The van der Waals surface area contributed by atoms with Gasteiger partial charge in [-0.2, -0.15) is 0 Å². The summed E-state index contributed by atoms with van der Waals surface area (Å²) in [4.78, 5) is 16.6. The zero-order valence-electron chi connectivity index (χ0n) is 12.8. The lowest BCUT2D eigenvalue weighted by Crippen LogP contribution is -2.40. The second-order valence-corrected chi connectivity index (χ2v) is 6.35. The molecule has 2 N–H and O–H groups in total. The number of rotatable bonds is 3. The lowest BCUT2D eigenvalue weighted by molar-refractivity contribution is -0.130. The van der Waals surface area contributed by atoms with Crippen LogP contribution in [0.2, 0.25) is 0 Å². The van der Waals surface area contributed by atoms with Crippen molar-refractivity contribution in [1.29, 1.82) is 0 Å². The molecule has 2 atom stereocenters. The molecule has 0 radical (unpaired) electrons. The Labute approximate surface area is 126 Å². The van der Waals surface area contributed by atoms with Crippen molar-refractivity contribution in [3.63, 3.8) is 0 Å². The van der Waals surface area contributed by atoms with Gasteiger partial charge in [0.2, 0.25) is 5.91 Å². The molecular weight excluding hydrogens is 262 g/mol. The predicted molar refractivity (Wildman–Crippen MR) is 85.4 cm³/mol. The highest BCUT2D eigenvalue weighted by atomic mass is 16.2. The Morgan fingerprint density at radius 2 is 2.14 bits per heavy atom. The number of carbonyl (C=O) groups is 1. The Morgan fingerprint density at radius 3 is 2.90 bits per heavy atom. The number of para-hydroxylation sites is 1. The van der Waals surface area contributed by atoms with Gasteiger partial charge in [-0.25, -0.2) is 0 Å². The van der Waals surface area contributed by atoms with Gasteiger partial charge in [0.25, 0.3) is 0 Å². The summed E-state index contributed by atoms with van der Waals surface area (Å²) in [6, 6.07) is 9.25. The number of benzene rings is 1. The van der Waals surface area contributed by atoms with Crippen LogP contribution in [0.5, 0.6) is 0 Å². The monoisotopic (exact) mass is 287 g/mol. The van der Waals surface area contributed by atoms with E-state index in [0.29, 0.717) is 12.5 Å². The number of aryl methyl sites for hydroxylation is 1. The zero-order valence-corrected chi connectivity index (χ0v) is 12.8. The maximum absolute atomic E-state index is 12.3. The van der Waals surface area contributed by atoms with Crippen molar-refractivity contribution >= 4 is 11.6 Å². The van der Waals surface area contributed by atoms with E-state index in [1.165, 1.54) is 17.7 Å².